The van der Waals surface area contributed by atoms with Gasteiger partial charge in [-0.15, -0.1) is 0 Å². The van der Waals surface area contributed by atoms with Crippen LogP contribution in [0.25, 0.3) is 11.4 Å². The van der Waals surface area contributed by atoms with Crippen molar-refractivity contribution in [2.24, 2.45) is 0 Å². The molecule has 1 amide bonds. The highest BCUT2D eigenvalue weighted by Gasteiger charge is 2.12. The minimum absolute atomic E-state index is 0.247. The van der Waals surface area contributed by atoms with Crippen molar-refractivity contribution >= 4 is 23.2 Å². The summed E-state index contributed by atoms with van der Waals surface area (Å²) in [7, 11) is 0. The van der Waals surface area contributed by atoms with Gasteiger partial charge in [0.15, 0.2) is 0 Å². The lowest BCUT2D eigenvalue weighted by molar-refractivity contribution is 0.102. The number of carbonyl (C=O) groups excluding carboxylic acids is 1. The molecule has 1 N–H and O–H groups in total. The zero-order valence-electron chi connectivity index (χ0n) is 15.3. The zero-order valence-corrected chi connectivity index (χ0v) is 16.1. The fourth-order valence-corrected chi connectivity index (χ4v) is 3.15. The van der Waals surface area contributed by atoms with Gasteiger partial charge in [0.1, 0.15) is 12.7 Å². The largest absolute Gasteiger partial charge is 0.320 e. The number of hydrogen-bond donors (Lipinski definition) is 1. The monoisotopic (exact) mass is 392 g/mol. The van der Waals surface area contributed by atoms with Gasteiger partial charge in [-0.3, -0.25) is 4.79 Å². The van der Waals surface area contributed by atoms with Gasteiger partial charge in [0.2, 0.25) is 0 Å². The first-order chi connectivity index (χ1) is 13.5. The van der Waals surface area contributed by atoms with Crippen molar-refractivity contribution in [2.75, 3.05) is 5.32 Å². The van der Waals surface area contributed by atoms with Gasteiger partial charge in [-0.1, -0.05) is 11.6 Å². The molecule has 0 spiro atoms. The highest BCUT2D eigenvalue weighted by molar-refractivity contribution is 6.31. The Bertz CT molecular complexity index is 1130. The summed E-state index contributed by atoms with van der Waals surface area (Å²) in [6.45, 7) is 3.94. The van der Waals surface area contributed by atoms with Gasteiger partial charge in [-0.2, -0.15) is 10.2 Å². The number of carbonyl (C=O) groups is 1. The van der Waals surface area contributed by atoms with E-state index in [2.05, 4.69) is 20.5 Å². The molecule has 0 atom stereocenters. The summed E-state index contributed by atoms with van der Waals surface area (Å²) in [5.74, 6) is -0.247. The van der Waals surface area contributed by atoms with Crippen LogP contribution in [0.1, 0.15) is 21.7 Å². The third kappa shape index (κ3) is 3.52. The lowest BCUT2D eigenvalue weighted by Crippen LogP contribution is -2.14. The van der Waals surface area contributed by atoms with Crippen LogP contribution in [0.3, 0.4) is 0 Å². The molecular weight excluding hydrogens is 376 g/mol. The number of rotatable bonds is 4. The Morgan fingerprint density at radius 1 is 1.07 bits per heavy atom. The fraction of sp³-hybridized carbons (Fsp3) is 0.100. The van der Waals surface area contributed by atoms with E-state index in [1.54, 1.807) is 41.3 Å². The smallest absolute Gasteiger partial charge is 0.255 e. The highest BCUT2D eigenvalue weighted by Crippen LogP contribution is 2.24. The number of halogens is 1. The summed E-state index contributed by atoms with van der Waals surface area (Å²) >= 11 is 6.11. The molecule has 8 heteroatoms. The van der Waals surface area contributed by atoms with Crippen molar-refractivity contribution in [3.05, 3.63) is 83.2 Å². The highest BCUT2D eigenvalue weighted by atomic mass is 35.5. The SMILES string of the molecule is Cc1cc(C)n(-c2ccc(C(=O)Nc3cc(Cl)ccc3-n3cncn3)cc2)n1. The molecule has 0 aliphatic rings. The Kier molecular flexibility index (Phi) is 4.67. The van der Waals surface area contributed by atoms with Crippen molar-refractivity contribution in [3.8, 4) is 11.4 Å². The first-order valence-electron chi connectivity index (χ1n) is 8.61. The maximum absolute atomic E-state index is 12.7. The topological polar surface area (TPSA) is 77.6 Å². The van der Waals surface area contributed by atoms with E-state index in [4.69, 9.17) is 11.6 Å². The molecule has 0 bridgehead atoms. The van der Waals surface area contributed by atoms with Crippen LogP contribution in [0, 0.1) is 13.8 Å². The molecule has 140 valence electrons. The van der Waals surface area contributed by atoms with Crippen molar-refractivity contribution in [2.45, 2.75) is 13.8 Å². The van der Waals surface area contributed by atoms with Gasteiger partial charge in [0.25, 0.3) is 5.91 Å². The second kappa shape index (κ2) is 7.28. The van der Waals surface area contributed by atoms with Crippen LogP contribution >= 0.6 is 11.6 Å². The molecule has 0 fully saturated rings. The summed E-state index contributed by atoms with van der Waals surface area (Å²) in [4.78, 5) is 16.7. The van der Waals surface area contributed by atoms with Crippen LogP contribution in [0.4, 0.5) is 5.69 Å². The number of nitrogens with zero attached hydrogens (tertiary/aromatic N) is 5. The summed E-state index contributed by atoms with van der Waals surface area (Å²) < 4.78 is 3.41. The Morgan fingerprint density at radius 2 is 1.86 bits per heavy atom. The first kappa shape index (κ1) is 17.9. The van der Waals surface area contributed by atoms with Crippen molar-refractivity contribution < 1.29 is 4.79 Å². The van der Waals surface area contributed by atoms with Crippen LogP contribution in [-0.2, 0) is 0 Å². The van der Waals surface area contributed by atoms with E-state index in [1.165, 1.54) is 6.33 Å². The van der Waals surface area contributed by atoms with Crippen molar-refractivity contribution in [1.82, 2.24) is 24.5 Å². The molecule has 4 rings (SSSR count). The molecule has 2 aromatic heterocycles. The Hall–Kier alpha value is -3.45. The molecule has 0 saturated carbocycles. The first-order valence-corrected chi connectivity index (χ1v) is 8.99. The summed E-state index contributed by atoms with van der Waals surface area (Å²) in [5.41, 5.74) is 4.62. The van der Waals surface area contributed by atoms with Gasteiger partial charge in [-0.05, 0) is 62.4 Å². The molecule has 0 aliphatic heterocycles. The van der Waals surface area contributed by atoms with E-state index in [0.29, 0.717) is 22.0 Å². The zero-order chi connectivity index (χ0) is 19.7. The molecule has 0 radical (unpaired) electrons. The summed E-state index contributed by atoms with van der Waals surface area (Å²) in [5, 5.41) is 12.0. The predicted octanol–water partition coefficient (Wildman–Crippen LogP) is 3.98. The maximum Gasteiger partial charge on any atom is 0.255 e. The van der Waals surface area contributed by atoms with Gasteiger partial charge < -0.3 is 5.32 Å². The van der Waals surface area contributed by atoms with Gasteiger partial charge in [0.05, 0.1) is 22.8 Å². The van der Waals surface area contributed by atoms with Crippen LogP contribution in [0.2, 0.25) is 5.02 Å². The van der Waals surface area contributed by atoms with Crippen LogP contribution in [-0.4, -0.2) is 30.5 Å². The van der Waals surface area contributed by atoms with E-state index in [1.807, 2.05) is 36.7 Å². The third-order valence-corrected chi connectivity index (χ3v) is 4.49. The second-order valence-electron chi connectivity index (χ2n) is 6.34. The molecule has 4 aromatic rings. The number of amides is 1. The average Bonchev–Trinajstić information content (AvgIpc) is 3.31. The van der Waals surface area contributed by atoms with Gasteiger partial charge in [0, 0.05) is 16.3 Å². The average molecular weight is 393 g/mol. The molecule has 0 unspecified atom stereocenters. The lowest BCUT2D eigenvalue weighted by atomic mass is 10.1. The molecular formula is C20H17ClN6O. The minimum Gasteiger partial charge on any atom is -0.320 e. The van der Waals surface area contributed by atoms with Crippen LogP contribution < -0.4 is 5.32 Å². The number of aryl methyl sites for hydroxylation is 2. The summed E-state index contributed by atoms with van der Waals surface area (Å²) in [6, 6.07) is 14.5. The Balaban J connectivity index is 1.59. The molecule has 0 aliphatic carbocycles. The normalized spacial score (nSPS) is 10.8. The van der Waals surface area contributed by atoms with E-state index >= 15 is 0 Å². The van der Waals surface area contributed by atoms with E-state index in [0.717, 1.165) is 17.1 Å². The summed E-state index contributed by atoms with van der Waals surface area (Å²) in [6.07, 6.45) is 2.99. The second-order valence-corrected chi connectivity index (χ2v) is 6.78. The van der Waals surface area contributed by atoms with E-state index in [-0.39, 0.29) is 5.91 Å². The number of nitrogens with one attached hydrogen (secondary N) is 1. The molecule has 2 aromatic carbocycles. The maximum atomic E-state index is 12.7. The van der Waals surface area contributed by atoms with Crippen molar-refractivity contribution in [1.29, 1.82) is 0 Å². The number of hydrogen-bond acceptors (Lipinski definition) is 4. The number of anilines is 1. The number of benzene rings is 2. The van der Waals surface area contributed by atoms with E-state index < -0.39 is 0 Å². The Morgan fingerprint density at radius 3 is 2.50 bits per heavy atom. The van der Waals surface area contributed by atoms with Crippen molar-refractivity contribution in [3.63, 3.8) is 0 Å². The third-order valence-electron chi connectivity index (χ3n) is 4.26. The van der Waals surface area contributed by atoms with Crippen LogP contribution in [0.15, 0.2) is 61.2 Å². The molecule has 7 nitrogen and oxygen atoms in total. The predicted molar refractivity (Wildman–Crippen MR) is 107 cm³/mol. The van der Waals surface area contributed by atoms with E-state index in [9.17, 15) is 4.79 Å². The molecule has 0 saturated heterocycles. The minimum atomic E-state index is -0.247. The van der Waals surface area contributed by atoms with Gasteiger partial charge >= 0.3 is 0 Å². The molecule has 28 heavy (non-hydrogen) atoms. The lowest BCUT2D eigenvalue weighted by Gasteiger charge is -2.12. The standard InChI is InChI=1S/C20H17ClN6O/c1-13-9-14(2)27(25-13)17-6-3-15(4-7-17)20(28)24-18-10-16(21)5-8-19(18)26-12-22-11-23-26/h3-12H,1-2H3,(H,24,28). The van der Waals surface area contributed by atoms with Crippen LogP contribution in [0.5, 0.6) is 0 Å². The van der Waals surface area contributed by atoms with Gasteiger partial charge in [-0.25, -0.2) is 14.3 Å². The quantitative estimate of drug-likeness (QED) is 0.570. The number of aromatic nitrogens is 5. The molecule has 2 heterocycles. The Labute approximate surface area is 166 Å². The fourth-order valence-electron chi connectivity index (χ4n) is 2.98.